The summed E-state index contributed by atoms with van der Waals surface area (Å²) in [5.74, 6) is -1.39. The standard InChI is InChI=1S/C32H32N12O6/c1-5-19-23(49-15(3)37-19)29(47)41-31-39-21-11-17(25(33)45)13-35-27(21)43(31)9-7-8-10-44-28-22(12-18(14-36-28)26(34)46)40-32(44)42-30(48)24-20(6-2)38-16(4)50-24/h7-8,11-14H,5-6,9-10H2,1-4H3,(H2,33,45)(H2,34,46)(H,39,41,47)(H,40,42,48). The van der Waals surface area contributed by atoms with Gasteiger partial charge in [0.2, 0.25) is 35.2 Å². The van der Waals surface area contributed by atoms with Crippen molar-refractivity contribution in [3.63, 3.8) is 0 Å². The van der Waals surface area contributed by atoms with Gasteiger partial charge in [0.05, 0.1) is 22.5 Å². The molecular formula is C32H32N12O6. The van der Waals surface area contributed by atoms with Crippen LogP contribution in [0.3, 0.4) is 0 Å². The minimum absolute atomic E-state index is 0.0602. The molecule has 0 spiro atoms. The van der Waals surface area contributed by atoms with Crippen molar-refractivity contribution in [1.82, 2.24) is 39.0 Å². The zero-order chi connectivity index (χ0) is 35.7. The molecule has 50 heavy (non-hydrogen) atoms. The molecule has 0 aliphatic rings. The number of allylic oxidation sites excluding steroid dienone is 2. The first-order chi connectivity index (χ1) is 24.0. The molecule has 6 rings (SSSR count). The van der Waals surface area contributed by atoms with E-state index < -0.39 is 23.6 Å². The van der Waals surface area contributed by atoms with Gasteiger partial charge in [-0.15, -0.1) is 0 Å². The Kier molecular flexibility index (Phi) is 8.91. The number of pyridine rings is 2. The number of anilines is 2. The van der Waals surface area contributed by atoms with Gasteiger partial charge in [-0.3, -0.25) is 38.9 Å². The zero-order valence-corrected chi connectivity index (χ0v) is 27.5. The number of amides is 4. The Hall–Kier alpha value is -6.72. The van der Waals surface area contributed by atoms with Gasteiger partial charge >= 0.3 is 0 Å². The fraction of sp³-hybridized carbons (Fsp3) is 0.250. The van der Waals surface area contributed by atoms with Crippen LogP contribution in [0, 0.1) is 13.8 Å². The summed E-state index contributed by atoms with van der Waals surface area (Å²) in [5, 5.41) is 5.54. The molecule has 6 heterocycles. The summed E-state index contributed by atoms with van der Waals surface area (Å²) in [5.41, 5.74) is 13.6. The van der Waals surface area contributed by atoms with Crippen LogP contribution in [0.15, 0.2) is 45.5 Å². The Morgan fingerprint density at radius 2 is 1.10 bits per heavy atom. The highest BCUT2D eigenvalue weighted by molar-refractivity contribution is 6.04. The predicted molar refractivity (Wildman–Crippen MR) is 178 cm³/mol. The Balaban J connectivity index is 1.32. The third kappa shape index (κ3) is 6.40. The molecule has 0 saturated heterocycles. The second-order valence-electron chi connectivity index (χ2n) is 11.1. The van der Waals surface area contributed by atoms with Crippen LogP contribution in [0.4, 0.5) is 11.9 Å². The summed E-state index contributed by atoms with van der Waals surface area (Å²) >= 11 is 0. The van der Waals surface area contributed by atoms with E-state index >= 15 is 0 Å². The summed E-state index contributed by atoms with van der Waals surface area (Å²) < 4.78 is 14.4. The number of hydrogen-bond acceptors (Lipinski definition) is 12. The van der Waals surface area contributed by atoms with Crippen molar-refractivity contribution in [3.05, 3.63) is 82.5 Å². The first kappa shape index (κ1) is 33.2. The molecule has 6 aromatic rings. The van der Waals surface area contributed by atoms with Crippen LogP contribution in [0.1, 0.15) is 78.8 Å². The molecule has 256 valence electrons. The van der Waals surface area contributed by atoms with Crippen molar-refractivity contribution in [1.29, 1.82) is 0 Å². The normalized spacial score (nSPS) is 11.5. The van der Waals surface area contributed by atoms with Crippen LogP contribution in [0.25, 0.3) is 22.3 Å². The van der Waals surface area contributed by atoms with Gasteiger partial charge < -0.3 is 20.3 Å². The largest absolute Gasteiger partial charge is 0.436 e. The predicted octanol–water partition coefficient (Wildman–Crippen LogP) is 2.85. The molecule has 0 radical (unpaired) electrons. The summed E-state index contributed by atoms with van der Waals surface area (Å²) in [6.07, 6.45) is 7.16. The van der Waals surface area contributed by atoms with Crippen LogP contribution in [0.2, 0.25) is 0 Å². The molecule has 0 bridgehead atoms. The lowest BCUT2D eigenvalue weighted by molar-refractivity contribution is 0.0985. The quantitative estimate of drug-likeness (QED) is 0.136. The van der Waals surface area contributed by atoms with E-state index in [0.29, 0.717) is 58.3 Å². The lowest BCUT2D eigenvalue weighted by Gasteiger charge is -2.08. The van der Waals surface area contributed by atoms with Gasteiger partial charge in [-0.1, -0.05) is 26.0 Å². The number of primary amides is 2. The summed E-state index contributed by atoms with van der Waals surface area (Å²) in [4.78, 5) is 76.5. The number of fused-ring (bicyclic) bond motifs is 2. The van der Waals surface area contributed by atoms with E-state index in [2.05, 4.69) is 40.5 Å². The van der Waals surface area contributed by atoms with Crippen molar-refractivity contribution in [2.45, 2.75) is 53.6 Å². The lowest BCUT2D eigenvalue weighted by Crippen LogP contribution is -2.17. The number of aromatic nitrogens is 8. The smallest absolute Gasteiger partial charge is 0.295 e. The fourth-order valence-corrected chi connectivity index (χ4v) is 5.28. The Bertz CT molecular complexity index is 2180. The number of hydrogen-bond donors (Lipinski definition) is 4. The molecule has 0 aromatic carbocycles. The maximum atomic E-state index is 13.3. The van der Waals surface area contributed by atoms with E-state index in [1.807, 2.05) is 13.8 Å². The molecule has 0 fully saturated rings. The molecule has 6 aromatic heterocycles. The fourth-order valence-electron chi connectivity index (χ4n) is 5.28. The molecule has 0 aliphatic carbocycles. The number of nitrogens with two attached hydrogens (primary N) is 2. The molecule has 4 amide bonds. The van der Waals surface area contributed by atoms with E-state index in [-0.39, 0.29) is 47.6 Å². The molecule has 0 atom stereocenters. The maximum absolute atomic E-state index is 13.3. The highest BCUT2D eigenvalue weighted by Crippen LogP contribution is 2.23. The summed E-state index contributed by atoms with van der Waals surface area (Å²) in [7, 11) is 0. The van der Waals surface area contributed by atoms with Crippen LogP contribution in [-0.2, 0) is 25.9 Å². The number of nitrogens with zero attached hydrogens (tertiary/aromatic N) is 8. The molecule has 0 saturated carbocycles. The van der Waals surface area contributed by atoms with Gasteiger partial charge in [0, 0.05) is 39.3 Å². The van der Waals surface area contributed by atoms with Crippen molar-refractivity contribution in [2.75, 3.05) is 10.6 Å². The average molecular weight is 681 g/mol. The van der Waals surface area contributed by atoms with Gasteiger partial charge in [-0.05, 0) is 25.0 Å². The average Bonchev–Trinajstić information content (AvgIpc) is 3.84. The van der Waals surface area contributed by atoms with Crippen molar-refractivity contribution >= 4 is 57.9 Å². The Morgan fingerprint density at radius 1 is 0.700 bits per heavy atom. The highest BCUT2D eigenvalue weighted by Gasteiger charge is 2.23. The molecule has 0 aliphatic heterocycles. The van der Waals surface area contributed by atoms with Crippen LogP contribution < -0.4 is 22.1 Å². The molecule has 18 heteroatoms. The van der Waals surface area contributed by atoms with Gasteiger partial charge in [-0.2, -0.15) is 0 Å². The molecule has 0 unspecified atom stereocenters. The Morgan fingerprint density at radius 3 is 1.46 bits per heavy atom. The number of carbonyl (C=O) groups excluding carboxylic acids is 4. The number of carbonyl (C=O) groups is 4. The lowest BCUT2D eigenvalue weighted by atomic mass is 10.2. The van der Waals surface area contributed by atoms with Gasteiger partial charge in [0.25, 0.3) is 11.8 Å². The molecule has 6 N–H and O–H groups in total. The zero-order valence-electron chi connectivity index (χ0n) is 27.5. The number of rotatable bonds is 12. The van der Waals surface area contributed by atoms with Crippen LogP contribution in [0.5, 0.6) is 0 Å². The Labute approximate surface area is 283 Å². The van der Waals surface area contributed by atoms with Gasteiger partial charge in [0.15, 0.2) is 23.1 Å². The molecular weight excluding hydrogens is 648 g/mol. The number of imidazole rings is 2. The highest BCUT2D eigenvalue weighted by atomic mass is 16.4. The maximum Gasteiger partial charge on any atom is 0.295 e. The SMILES string of the molecule is CCc1nc(C)oc1C(=O)Nc1nc2cc(C(N)=O)cnc2n1CC=CCn1c(NC(=O)c2oc(C)nc2CC)nc2cc(C(N)=O)cnc21. The van der Waals surface area contributed by atoms with Crippen molar-refractivity contribution in [3.8, 4) is 0 Å². The first-order valence-corrected chi connectivity index (χ1v) is 15.5. The molecule has 18 nitrogen and oxygen atoms in total. The summed E-state index contributed by atoms with van der Waals surface area (Å²) in [6.45, 7) is 7.33. The van der Waals surface area contributed by atoms with E-state index in [9.17, 15) is 19.2 Å². The van der Waals surface area contributed by atoms with E-state index in [1.165, 1.54) is 24.5 Å². The number of aryl methyl sites for hydroxylation is 4. The summed E-state index contributed by atoms with van der Waals surface area (Å²) in [6, 6.07) is 2.96. The minimum Gasteiger partial charge on any atom is -0.436 e. The second kappa shape index (κ2) is 13.4. The van der Waals surface area contributed by atoms with E-state index in [0.717, 1.165) is 0 Å². The number of oxazole rings is 2. The topological polar surface area (TPSA) is 258 Å². The van der Waals surface area contributed by atoms with Crippen LogP contribution >= 0.6 is 0 Å². The van der Waals surface area contributed by atoms with E-state index in [4.69, 9.17) is 20.3 Å². The van der Waals surface area contributed by atoms with Gasteiger partial charge in [0.1, 0.15) is 11.0 Å². The number of nitrogens with one attached hydrogen (secondary N) is 2. The first-order valence-electron chi connectivity index (χ1n) is 15.5. The third-order valence-electron chi connectivity index (χ3n) is 7.62. The monoisotopic (exact) mass is 680 g/mol. The van der Waals surface area contributed by atoms with Crippen molar-refractivity contribution in [2.24, 2.45) is 11.5 Å². The van der Waals surface area contributed by atoms with Crippen molar-refractivity contribution < 1.29 is 28.0 Å². The van der Waals surface area contributed by atoms with Gasteiger partial charge in [-0.25, -0.2) is 29.9 Å². The third-order valence-corrected chi connectivity index (χ3v) is 7.62. The second-order valence-corrected chi connectivity index (χ2v) is 11.1. The minimum atomic E-state index is -0.680. The van der Waals surface area contributed by atoms with E-state index in [1.54, 1.807) is 35.1 Å². The van der Waals surface area contributed by atoms with Crippen LogP contribution in [-0.4, -0.2) is 62.7 Å².